The van der Waals surface area contributed by atoms with Gasteiger partial charge in [0.1, 0.15) is 6.10 Å². The van der Waals surface area contributed by atoms with E-state index < -0.39 is 6.10 Å². The van der Waals surface area contributed by atoms with E-state index in [0.29, 0.717) is 31.9 Å². The molecule has 0 radical (unpaired) electrons. The number of halogens is 3. The van der Waals surface area contributed by atoms with E-state index in [1.165, 1.54) is 0 Å². The van der Waals surface area contributed by atoms with Crippen LogP contribution in [-0.4, -0.2) is 5.11 Å². The highest BCUT2D eigenvalue weighted by molar-refractivity contribution is 6.36. The fraction of sp³-hybridized carbons (Fsp3) is 0.0769. The van der Waals surface area contributed by atoms with Gasteiger partial charge in [-0.3, -0.25) is 0 Å². The Morgan fingerprint density at radius 1 is 1.00 bits per heavy atom. The summed E-state index contributed by atoms with van der Waals surface area (Å²) in [6.07, 6.45) is -1.01. The van der Waals surface area contributed by atoms with Gasteiger partial charge in [0.05, 0.1) is 0 Å². The van der Waals surface area contributed by atoms with Gasteiger partial charge < -0.3 is 10.8 Å². The highest BCUT2D eigenvalue weighted by Crippen LogP contribution is 2.36. The molecule has 5 heteroatoms. The van der Waals surface area contributed by atoms with Crippen LogP contribution >= 0.6 is 34.8 Å². The van der Waals surface area contributed by atoms with Crippen LogP contribution in [0.5, 0.6) is 0 Å². The largest absolute Gasteiger partial charge is 0.398 e. The molecule has 2 nitrogen and oxygen atoms in total. The number of benzene rings is 2. The first-order valence-corrected chi connectivity index (χ1v) is 6.31. The van der Waals surface area contributed by atoms with Gasteiger partial charge in [0, 0.05) is 31.9 Å². The van der Waals surface area contributed by atoms with Crippen molar-refractivity contribution >= 4 is 40.5 Å². The lowest BCUT2D eigenvalue weighted by Crippen LogP contribution is -2.05. The molecule has 3 N–H and O–H groups in total. The summed E-state index contributed by atoms with van der Waals surface area (Å²) < 4.78 is 0. The van der Waals surface area contributed by atoms with E-state index in [1.54, 1.807) is 36.4 Å². The van der Waals surface area contributed by atoms with E-state index >= 15 is 0 Å². The molecule has 1 unspecified atom stereocenters. The third-order valence-corrected chi connectivity index (χ3v) is 3.51. The quantitative estimate of drug-likeness (QED) is 0.812. The molecule has 0 saturated heterocycles. The average molecular weight is 303 g/mol. The molecule has 0 aliphatic rings. The van der Waals surface area contributed by atoms with Crippen LogP contribution in [0, 0.1) is 0 Å². The Balaban J connectivity index is 2.54. The molecule has 0 bridgehead atoms. The minimum absolute atomic E-state index is 0.384. The fourth-order valence-electron chi connectivity index (χ4n) is 1.71. The summed E-state index contributed by atoms with van der Waals surface area (Å²) in [6, 6.07) is 9.91. The molecule has 0 saturated carbocycles. The molecule has 0 amide bonds. The zero-order valence-electron chi connectivity index (χ0n) is 9.20. The molecule has 0 aromatic heterocycles. The molecule has 18 heavy (non-hydrogen) atoms. The van der Waals surface area contributed by atoms with Crippen molar-refractivity contribution in [3.05, 3.63) is 62.6 Å². The van der Waals surface area contributed by atoms with Crippen LogP contribution < -0.4 is 5.73 Å². The van der Waals surface area contributed by atoms with Gasteiger partial charge in [-0.1, -0.05) is 40.9 Å². The average Bonchev–Trinajstić information content (AvgIpc) is 2.32. The molecule has 1 atom stereocenters. The van der Waals surface area contributed by atoms with Crippen molar-refractivity contribution in [2.24, 2.45) is 0 Å². The summed E-state index contributed by atoms with van der Waals surface area (Å²) in [4.78, 5) is 0. The van der Waals surface area contributed by atoms with Crippen LogP contribution in [0.25, 0.3) is 0 Å². The number of anilines is 1. The van der Waals surface area contributed by atoms with Gasteiger partial charge in [-0.15, -0.1) is 0 Å². The van der Waals surface area contributed by atoms with E-state index in [-0.39, 0.29) is 0 Å². The maximum atomic E-state index is 10.4. The lowest BCUT2D eigenvalue weighted by molar-refractivity contribution is 0.221. The monoisotopic (exact) mass is 301 g/mol. The standard InChI is InChI=1S/C13H10Cl3NO/c14-7-4-5-11(17)8(6-7)13(18)12-9(15)2-1-3-10(12)16/h1-6,13,18H,17H2. The van der Waals surface area contributed by atoms with Gasteiger partial charge >= 0.3 is 0 Å². The molecule has 2 rings (SSSR count). The predicted molar refractivity (Wildman–Crippen MR) is 76.4 cm³/mol. The van der Waals surface area contributed by atoms with Crippen LogP contribution in [0.3, 0.4) is 0 Å². The summed E-state index contributed by atoms with van der Waals surface area (Å²) >= 11 is 18.0. The number of aliphatic hydroxyl groups is 1. The van der Waals surface area contributed by atoms with Gasteiger partial charge in [0.25, 0.3) is 0 Å². The molecule has 2 aromatic rings. The number of hydrogen-bond donors (Lipinski definition) is 2. The Kier molecular flexibility index (Phi) is 4.03. The summed E-state index contributed by atoms with van der Waals surface area (Å²) in [7, 11) is 0. The third-order valence-electron chi connectivity index (χ3n) is 2.62. The third kappa shape index (κ3) is 2.57. The molecule has 0 aliphatic carbocycles. The van der Waals surface area contributed by atoms with Crippen LogP contribution in [0.2, 0.25) is 15.1 Å². The molecule has 94 valence electrons. The van der Waals surface area contributed by atoms with E-state index in [2.05, 4.69) is 0 Å². The summed E-state index contributed by atoms with van der Waals surface area (Å²) in [5.41, 5.74) is 7.17. The van der Waals surface area contributed by atoms with Crippen molar-refractivity contribution in [2.75, 3.05) is 5.73 Å². The van der Waals surface area contributed by atoms with Gasteiger partial charge in [-0.05, 0) is 30.3 Å². The molecular formula is C13H10Cl3NO. The lowest BCUT2D eigenvalue weighted by Gasteiger charge is -2.16. The minimum Gasteiger partial charge on any atom is -0.398 e. The zero-order valence-corrected chi connectivity index (χ0v) is 11.5. The Bertz CT molecular complexity index is 566. The molecule has 0 heterocycles. The lowest BCUT2D eigenvalue weighted by atomic mass is 10.00. The molecule has 0 spiro atoms. The topological polar surface area (TPSA) is 46.2 Å². The first-order valence-electron chi connectivity index (χ1n) is 5.17. The number of aliphatic hydroxyl groups excluding tert-OH is 1. The van der Waals surface area contributed by atoms with Crippen molar-refractivity contribution in [3.8, 4) is 0 Å². The summed E-state index contributed by atoms with van der Waals surface area (Å²) in [5.74, 6) is 0. The first-order chi connectivity index (χ1) is 8.50. The summed E-state index contributed by atoms with van der Waals surface area (Å²) in [5, 5.41) is 11.6. The van der Waals surface area contributed by atoms with E-state index in [9.17, 15) is 5.11 Å². The highest BCUT2D eigenvalue weighted by atomic mass is 35.5. The fourth-order valence-corrected chi connectivity index (χ4v) is 2.49. The van der Waals surface area contributed by atoms with Crippen molar-refractivity contribution in [1.82, 2.24) is 0 Å². The van der Waals surface area contributed by atoms with E-state index in [1.807, 2.05) is 0 Å². The second-order valence-electron chi connectivity index (χ2n) is 3.81. The van der Waals surface area contributed by atoms with Gasteiger partial charge in [-0.2, -0.15) is 0 Å². The minimum atomic E-state index is -1.01. The molecular weight excluding hydrogens is 293 g/mol. The van der Waals surface area contributed by atoms with E-state index in [4.69, 9.17) is 40.5 Å². The predicted octanol–water partition coefficient (Wildman–Crippen LogP) is 4.31. The van der Waals surface area contributed by atoms with Crippen molar-refractivity contribution in [2.45, 2.75) is 6.10 Å². The SMILES string of the molecule is Nc1ccc(Cl)cc1C(O)c1c(Cl)cccc1Cl. The zero-order chi connectivity index (χ0) is 13.3. The number of nitrogens with two attached hydrogens (primary N) is 1. The van der Waals surface area contributed by atoms with Crippen LogP contribution in [0.4, 0.5) is 5.69 Å². The smallest absolute Gasteiger partial charge is 0.109 e. The number of rotatable bonds is 2. The Morgan fingerprint density at radius 2 is 1.61 bits per heavy atom. The maximum absolute atomic E-state index is 10.4. The second kappa shape index (κ2) is 5.37. The number of hydrogen-bond acceptors (Lipinski definition) is 2. The van der Waals surface area contributed by atoms with Crippen molar-refractivity contribution in [3.63, 3.8) is 0 Å². The Morgan fingerprint density at radius 3 is 2.22 bits per heavy atom. The van der Waals surface area contributed by atoms with E-state index in [0.717, 1.165) is 0 Å². The molecule has 2 aromatic carbocycles. The second-order valence-corrected chi connectivity index (χ2v) is 5.06. The van der Waals surface area contributed by atoms with Gasteiger partial charge in [0.2, 0.25) is 0 Å². The number of nitrogen functional groups attached to an aromatic ring is 1. The Labute approximate surface area is 120 Å². The first kappa shape index (κ1) is 13.5. The highest BCUT2D eigenvalue weighted by Gasteiger charge is 2.19. The van der Waals surface area contributed by atoms with Gasteiger partial charge in [-0.25, -0.2) is 0 Å². The van der Waals surface area contributed by atoms with Crippen molar-refractivity contribution < 1.29 is 5.11 Å². The van der Waals surface area contributed by atoms with Crippen LogP contribution in [-0.2, 0) is 0 Å². The normalized spacial score (nSPS) is 12.4. The summed E-state index contributed by atoms with van der Waals surface area (Å²) in [6.45, 7) is 0. The maximum Gasteiger partial charge on any atom is 0.109 e. The van der Waals surface area contributed by atoms with Gasteiger partial charge in [0.15, 0.2) is 0 Å². The van der Waals surface area contributed by atoms with Crippen LogP contribution in [0.15, 0.2) is 36.4 Å². The van der Waals surface area contributed by atoms with Crippen LogP contribution in [0.1, 0.15) is 17.2 Å². The molecule has 0 aliphatic heterocycles. The molecule has 0 fully saturated rings. The Hall–Kier alpha value is -0.930. The van der Waals surface area contributed by atoms with Crippen molar-refractivity contribution in [1.29, 1.82) is 0 Å².